The Balaban J connectivity index is 1.64. The van der Waals surface area contributed by atoms with Gasteiger partial charge in [0.1, 0.15) is 5.60 Å². The van der Waals surface area contributed by atoms with Gasteiger partial charge >= 0.3 is 11.7 Å². The van der Waals surface area contributed by atoms with E-state index in [-0.39, 0.29) is 17.5 Å². The highest BCUT2D eigenvalue weighted by Crippen LogP contribution is 2.24. The lowest BCUT2D eigenvalue weighted by Gasteiger charge is -2.25. The van der Waals surface area contributed by atoms with E-state index in [4.69, 9.17) is 4.74 Å². The number of nitrogens with zero attached hydrogens (tertiary/aromatic N) is 4. The number of hydrogen-bond donors (Lipinski definition) is 1. The molecule has 0 saturated heterocycles. The number of H-pyrrole nitrogens is 1. The molecule has 0 saturated carbocycles. The smallest absolute Gasteiger partial charge is 0.349 e. The lowest BCUT2D eigenvalue weighted by molar-refractivity contribution is -0.155. The van der Waals surface area contributed by atoms with E-state index in [9.17, 15) is 14.4 Å². The van der Waals surface area contributed by atoms with Crippen LogP contribution in [-0.4, -0.2) is 49.1 Å². The van der Waals surface area contributed by atoms with Gasteiger partial charge in [0.25, 0.3) is 5.56 Å². The molecular formula is C30H37N5O4. The molecule has 2 aliphatic rings. The number of aryl methyl sites for hydroxylation is 3. The van der Waals surface area contributed by atoms with Crippen molar-refractivity contribution in [3.63, 3.8) is 0 Å². The zero-order valence-corrected chi connectivity index (χ0v) is 23.6. The monoisotopic (exact) mass is 531 g/mol. The summed E-state index contributed by atoms with van der Waals surface area (Å²) in [6.45, 7) is 14.1. The Labute approximate surface area is 228 Å². The molecule has 0 unspecified atom stereocenters. The number of aromatic amines is 1. The number of hydrogen-bond acceptors (Lipinski definition) is 7. The predicted octanol–water partition coefficient (Wildman–Crippen LogP) is 4.13. The van der Waals surface area contributed by atoms with E-state index in [0.29, 0.717) is 44.5 Å². The SMILES string of the molecule is Cc1ccc(CN(CCCC(=O)OC(C)(C)C)CCn2c3nc(=O)[nH]c(=O)c-3nc3cc(C)c(C)cc32)cc1. The number of carbonyl (C=O) groups is 1. The second kappa shape index (κ2) is 11.5. The zero-order chi connectivity index (χ0) is 28.3. The highest BCUT2D eigenvalue weighted by Gasteiger charge is 2.21. The standard InChI is InChI=1S/C30H37N5O4/c1-19-9-11-22(12-10-19)18-34(13-7-8-25(36)39-30(4,5)6)14-15-35-24-17-21(3)20(2)16-23(24)31-26-27(35)32-29(38)33-28(26)37/h9-12,16-17H,7-8,13-15,18H2,1-6H3,(H,33,37,38). The van der Waals surface area contributed by atoms with Crippen molar-refractivity contribution >= 4 is 17.0 Å². The van der Waals surface area contributed by atoms with Crippen LogP contribution >= 0.6 is 0 Å². The molecule has 2 aromatic carbocycles. The molecule has 0 radical (unpaired) electrons. The molecule has 9 nitrogen and oxygen atoms in total. The maximum atomic E-state index is 12.6. The number of carbonyl (C=O) groups excluding carboxylic acids is 1. The fraction of sp³-hybridized carbons (Fsp3) is 0.433. The first-order valence-electron chi connectivity index (χ1n) is 13.3. The molecule has 0 amide bonds. The highest BCUT2D eigenvalue weighted by atomic mass is 16.6. The first kappa shape index (κ1) is 28.2. The Morgan fingerprint density at radius 2 is 1.69 bits per heavy atom. The average Bonchev–Trinajstić information content (AvgIpc) is 2.83. The molecule has 2 aromatic rings. The van der Waals surface area contributed by atoms with Crippen molar-refractivity contribution in [3.05, 3.63) is 79.5 Å². The summed E-state index contributed by atoms with van der Waals surface area (Å²) >= 11 is 0. The van der Waals surface area contributed by atoms with Crippen molar-refractivity contribution < 1.29 is 9.53 Å². The lowest BCUT2D eigenvalue weighted by atomic mass is 10.1. The van der Waals surface area contributed by atoms with E-state index < -0.39 is 16.9 Å². The summed E-state index contributed by atoms with van der Waals surface area (Å²) in [5.41, 5.74) is 4.37. The lowest BCUT2D eigenvalue weighted by Crippen LogP contribution is -2.32. The van der Waals surface area contributed by atoms with Crippen molar-refractivity contribution in [2.24, 2.45) is 0 Å². The number of rotatable bonds is 9. The molecule has 2 aliphatic heterocycles. The Hall–Kier alpha value is -3.85. The van der Waals surface area contributed by atoms with E-state index >= 15 is 0 Å². The third-order valence-corrected chi connectivity index (χ3v) is 6.67. The first-order valence-corrected chi connectivity index (χ1v) is 13.3. The maximum Gasteiger partial charge on any atom is 0.349 e. The fourth-order valence-corrected chi connectivity index (χ4v) is 4.58. The average molecular weight is 532 g/mol. The molecule has 9 heteroatoms. The molecule has 1 N–H and O–H groups in total. The number of ether oxygens (including phenoxy) is 1. The van der Waals surface area contributed by atoms with E-state index in [1.807, 2.05) is 51.3 Å². The van der Waals surface area contributed by atoms with Gasteiger partial charge < -0.3 is 9.30 Å². The van der Waals surface area contributed by atoms with Crippen molar-refractivity contribution in [1.82, 2.24) is 24.4 Å². The molecule has 0 spiro atoms. The Kier molecular flexibility index (Phi) is 8.30. The summed E-state index contributed by atoms with van der Waals surface area (Å²) in [6.07, 6.45) is 0.967. The highest BCUT2D eigenvalue weighted by molar-refractivity contribution is 5.81. The van der Waals surface area contributed by atoms with Crippen LogP contribution in [0.3, 0.4) is 0 Å². The van der Waals surface area contributed by atoms with Crippen molar-refractivity contribution in [2.45, 2.75) is 73.1 Å². The van der Waals surface area contributed by atoms with Gasteiger partial charge in [0.15, 0.2) is 11.5 Å². The molecule has 2 heterocycles. The van der Waals surface area contributed by atoms with E-state index in [0.717, 1.165) is 22.2 Å². The van der Waals surface area contributed by atoms with Gasteiger partial charge in [-0.1, -0.05) is 29.8 Å². The second-order valence-electron chi connectivity index (χ2n) is 11.2. The Morgan fingerprint density at radius 3 is 2.38 bits per heavy atom. The van der Waals surface area contributed by atoms with Crippen LogP contribution < -0.4 is 11.2 Å². The minimum absolute atomic E-state index is 0.139. The summed E-state index contributed by atoms with van der Waals surface area (Å²) in [5.74, 6) is 0.0547. The van der Waals surface area contributed by atoms with Crippen LogP contribution in [0.1, 0.15) is 55.9 Å². The van der Waals surface area contributed by atoms with Crippen LogP contribution in [0.2, 0.25) is 0 Å². The second-order valence-corrected chi connectivity index (χ2v) is 11.2. The predicted molar refractivity (Wildman–Crippen MR) is 152 cm³/mol. The summed E-state index contributed by atoms with van der Waals surface area (Å²) in [5, 5.41) is 0. The third kappa shape index (κ3) is 7.17. The summed E-state index contributed by atoms with van der Waals surface area (Å²) < 4.78 is 7.39. The number of benzene rings is 2. The number of esters is 1. The summed E-state index contributed by atoms with van der Waals surface area (Å²) in [6, 6.07) is 12.4. The molecule has 39 heavy (non-hydrogen) atoms. The molecule has 206 valence electrons. The van der Waals surface area contributed by atoms with Crippen LogP contribution in [-0.2, 0) is 22.6 Å². The summed E-state index contributed by atoms with van der Waals surface area (Å²) in [4.78, 5) is 50.3. The first-order chi connectivity index (χ1) is 18.4. The Morgan fingerprint density at radius 1 is 1.00 bits per heavy atom. The van der Waals surface area contributed by atoms with Crippen LogP contribution in [0.5, 0.6) is 0 Å². The van der Waals surface area contributed by atoms with Crippen LogP contribution in [0.15, 0.2) is 46.0 Å². The van der Waals surface area contributed by atoms with Gasteiger partial charge in [-0.25, -0.2) is 9.78 Å². The van der Waals surface area contributed by atoms with Crippen molar-refractivity contribution in [3.8, 4) is 11.5 Å². The largest absolute Gasteiger partial charge is 0.460 e. The Bertz CT molecular complexity index is 1560. The van der Waals surface area contributed by atoms with E-state index in [2.05, 4.69) is 51.0 Å². The fourth-order valence-electron chi connectivity index (χ4n) is 4.58. The number of aromatic nitrogens is 4. The molecule has 0 aromatic heterocycles. The molecule has 0 aliphatic carbocycles. The minimum Gasteiger partial charge on any atom is -0.460 e. The normalized spacial score (nSPS) is 12.0. The van der Waals surface area contributed by atoms with Gasteiger partial charge in [0, 0.05) is 26.1 Å². The third-order valence-electron chi connectivity index (χ3n) is 6.67. The van der Waals surface area contributed by atoms with Gasteiger partial charge in [-0.3, -0.25) is 19.5 Å². The van der Waals surface area contributed by atoms with Crippen LogP contribution in [0, 0.1) is 20.8 Å². The minimum atomic E-state index is -0.694. The molecule has 0 atom stereocenters. The van der Waals surface area contributed by atoms with Gasteiger partial charge in [-0.05, 0) is 83.3 Å². The molecule has 4 rings (SSSR count). The molecule has 0 bridgehead atoms. The van der Waals surface area contributed by atoms with Crippen molar-refractivity contribution in [2.75, 3.05) is 13.1 Å². The van der Waals surface area contributed by atoms with E-state index in [1.165, 1.54) is 5.56 Å². The zero-order valence-electron chi connectivity index (χ0n) is 23.6. The number of fused-ring (bicyclic) bond motifs is 2. The van der Waals surface area contributed by atoms with Gasteiger partial charge in [-0.2, -0.15) is 4.98 Å². The van der Waals surface area contributed by atoms with Gasteiger partial charge in [-0.15, -0.1) is 0 Å². The van der Waals surface area contributed by atoms with Crippen molar-refractivity contribution in [1.29, 1.82) is 0 Å². The topological polar surface area (TPSA) is 110 Å². The molecule has 0 fully saturated rings. The number of nitrogens with one attached hydrogen (secondary N) is 1. The maximum absolute atomic E-state index is 12.6. The van der Waals surface area contributed by atoms with E-state index in [1.54, 1.807) is 0 Å². The van der Waals surface area contributed by atoms with Gasteiger partial charge in [0.2, 0.25) is 0 Å². The van der Waals surface area contributed by atoms with Crippen LogP contribution in [0.25, 0.3) is 22.6 Å². The van der Waals surface area contributed by atoms with Gasteiger partial charge in [0.05, 0.1) is 11.0 Å². The van der Waals surface area contributed by atoms with Crippen LogP contribution in [0.4, 0.5) is 0 Å². The summed E-state index contributed by atoms with van der Waals surface area (Å²) in [7, 11) is 0. The quantitative estimate of drug-likeness (QED) is 0.255. The molecular weight excluding hydrogens is 494 g/mol.